The standard InChI is InChI=1S/C5H10S/c6-4-3-5-1-2-5/h5-6H,1-4H2. The monoisotopic (exact) mass is 102 g/mol. The van der Waals surface area contributed by atoms with E-state index < -0.39 is 0 Å². The molecule has 0 bridgehead atoms. The summed E-state index contributed by atoms with van der Waals surface area (Å²) >= 11 is 4.10. The highest BCUT2D eigenvalue weighted by molar-refractivity contribution is 7.80. The van der Waals surface area contributed by atoms with Gasteiger partial charge in [0, 0.05) is 0 Å². The second-order valence-electron chi connectivity index (χ2n) is 1.96. The molecule has 0 aliphatic heterocycles. The summed E-state index contributed by atoms with van der Waals surface area (Å²) in [4.78, 5) is 0. The lowest BCUT2D eigenvalue weighted by Gasteiger charge is -1.82. The largest absolute Gasteiger partial charge is 0.179 e. The average molecular weight is 102 g/mol. The summed E-state index contributed by atoms with van der Waals surface area (Å²) in [5, 5.41) is 0. The van der Waals surface area contributed by atoms with Gasteiger partial charge in [0.25, 0.3) is 0 Å². The van der Waals surface area contributed by atoms with Crippen molar-refractivity contribution in [1.82, 2.24) is 0 Å². The molecule has 1 saturated carbocycles. The van der Waals surface area contributed by atoms with Gasteiger partial charge in [-0.15, -0.1) is 0 Å². The molecular weight excluding hydrogens is 92.1 g/mol. The fourth-order valence-electron chi connectivity index (χ4n) is 0.589. The third kappa shape index (κ3) is 1.21. The third-order valence-electron chi connectivity index (χ3n) is 1.23. The first kappa shape index (κ1) is 4.51. The van der Waals surface area contributed by atoms with E-state index in [-0.39, 0.29) is 0 Å². The van der Waals surface area contributed by atoms with Crippen LogP contribution < -0.4 is 0 Å². The molecule has 0 amide bonds. The van der Waals surface area contributed by atoms with Crippen LogP contribution >= 0.6 is 12.6 Å². The Labute approximate surface area is 44.3 Å². The molecule has 6 heavy (non-hydrogen) atoms. The second kappa shape index (κ2) is 1.87. The van der Waals surface area contributed by atoms with E-state index in [0.717, 1.165) is 11.7 Å². The Morgan fingerprint density at radius 2 is 2.17 bits per heavy atom. The SMILES string of the molecule is SCCC1CC1. The van der Waals surface area contributed by atoms with Crippen LogP contribution in [-0.4, -0.2) is 5.75 Å². The van der Waals surface area contributed by atoms with Gasteiger partial charge in [0.15, 0.2) is 0 Å². The van der Waals surface area contributed by atoms with Gasteiger partial charge < -0.3 is 0 Å². The Morgan fingerprint density at radius 3 is 2.33 bits per heavy atom. The van der Waals surface area contributed by atoms with E-state index in [9.17, 15) is 0 Å². The van der Waals surface area contributed by atoms with Gasteiger partial charge in [-0.05, 0) is 18.1 Å². The number of hydrogen-bond acceptors (Lipinski definition) is 1. The van der Waals surface area contributed by atoms with E-state index in [0.29, 0.717) is 0 Å². The van der Waals surface area contributed by atoms with Crippen molar-refractivity contribution in [3.05, 3.63) is 0 Å². The molecule has 0 aromatic heterocycles. The molecule has 1 aliphatic carbocycles. The fourth-order valence-corrected chi connectivity index (χ4v) is 0.954. The molecule has 0 N–H and O–H groups in total. The molecule has 0 heterocycles. The van der Waals surface area contributed by atoms with E-state index >= 15 is 0 Å². The molecule has 1 rings (SSSR count). The average Bonchev–Trinajstić information content (AvgIpc) is 2.21. The molecular formula is C5H10S. The summed E-state index contributed by atoms with van der Waals surface area (Å²) in [6.45, 7) is 0. The highest BCUT2D eigenvalue weighted by Crippen LogP contribution is 2.32. The first-order chi connectivity index (χ1) is 2.93. The van der Waals surface area contributed by atoms with Crippen molar-refractivity contribution < 1.29 is 0 Å². The van der Waals surface area contributed by atoms with Gasteiger partial charge in [0.2, 0.25) is 0 Å². The minimum atomic E-state index is 1.07. The third-order valence-corrected chi connectivity index (χ3v) is 1.49. The van der Waals surface area contributed by atoms with Gasteiger partial charge in [-0.3, -0.25) is 0 Å². The molecule has 0 saturated heterocycles. The van der Waals surface area contributed by atoms with Gasteiger partial charge in [-0.25, -0.2) is 0 Å². The molecule has 0 radical (unpaired) electrons. The Morgan fingerprint density at radius 1 is 1.50 bits per heavy atom. The van der Waals surface area contributed by atoms with Crippen molar-refractivity contribution in [2.24, 2.45) is 5.92 Å². The molecule has 0 spiro atoms. The molecule has 0 unspecified atom stereocenters. The lowest BCUT2D eigenvalue weighted by atomic mass is 10.3. The van der Waals surface area contributed by atoms with E-state index in [1.807, 2.05) is 0 Å². The van der Waals surface area contributed by atoms with Gasteiger partial charge in [-0.1, -0.05) is 12.8 Å². The van der Waals surface area contributed by atoms with Crippen LogP contribution in [0.1, 0.15) is 19.3 Å². The first-order valence-electron chi connectivity index (χ1n) is 2.54. The summed E-state index contributed by atoms with van der Waals surface area (Å²) in [6, 6.07) is 0. The van der Waals surface area contributed by atoms with Crippen LogP contribution in [0.15, 0.2) is 0 Å². The Kier molecular flexibility index (Phi) is 1.41. The summed E-state index contributed by atoms with van der Waals surface area (Å²) in [5.74, 6) is 2.16. The zero-order chi connectivity index (χ0) is 4.41. The minimum Gasteiger partial charge on any atom is -0.179 e. The van der Waals surface area contributed by atoms with Gasteiger partial charge >= 0.3 is 0 Å². The Hall–Kier alpha value is 0.350. The normalized spacial score (nSPS) is 21.5. The van der Waals surface area contributed by atoms with Crippen LogP contribution in [0.5, 0.6) is 0 Å². The van der Waals surface area contributed by atoms with E-state index in [4.69, 9.17) is 0 Å². The topological polar surface area (TPSA) is 0 Å². The van der Waals surface area contributed by atoms with Crippen molar-refractivity contribution in [2.45, 2.75) is 19.3 Å². The molecule has 0 aromatic rings. The highest BCUT2D eigenvalue weighted by atomic mass is 32.1. The smallest absolute Gasteiger partial charge is 0.00953 e. The van der Waals surface area contributed by atoms with Crippen molar-refractivity contribution in [2.75, 3.05) is 5.75 Å². The predicted octanol–water partition coefficient (Wildman–Crippen LogP) is 1.72. The second-order valence-corrected chi connectivity index (χ2v) is 2.40. The number of rotatable bonds is 2. The maximum Gasteiger partial charge on any atom is -0.00953 e. The summed E-state index contributed by atoms with van der Waals surface area (Å²) in [7, 11) is 0. The maximum atomic E-state index is 4.10. The number of hydrogen-bond donors (Lipinski definition) is 1. The lowest BCUT2D eigenvalue weighted by Crippen LogP contribution is -1.73. The van der Waals surface area contributed by atoms with Crippen molar-refractivity contribution in [3.63, 3.8) is 0 Å². The lowest BCUT2D eigenvalue weighted by molar-refractivity contribution is 0.811. The Bertz CT molecular complexity index is 39.2. The summed E-state index contributed by atoms with van der Waals surface area (Å²) in [6.07, 6.45) is 4.30. The summed E-state index contributed by atoms with van der Waals surface area (Å²) in [5.41, 5.74) is 0. The minimum absolute atomic E-state index is 1.07. The molecule has 36 valence electrons. The van der Waals surface area contributed by atoms with E-state index in [1.54, 1.807) is 0 Å². The van der Waals surface area contributed by atoms with Gasteiger partial charge in [-0.2, -0.15) is 12.6 Å². The van der Waals surface area contributed by atoms with Crippen LogP contribution in [0, 0.1) is 5.92 Å². The molecule has 0 atom stereocenters. The van der Waals surface area contributed by atoms with Crippen LogP contribution in [-0.2, 0) is 0 Å². The van der Waals surface area contributed by atoms with Crippen LogP contribution in [0.25, 0.3) is 0 Å². The molecule has 0 aromatic carbocycles. The van der Waals surface area contributed by atoms with E-state index in [2.05, 4.69) is 12.6 Å². The zero-order valence-electron chi connectivity index (χ0n) is 3.85. The summed E-state index contributed by atoms with van der Waals surface area (Å²) < 4.78 is 0. The van der Waals surface area contributed by atoms with Crippen LogP contribution in [0.3, 0.4) is 0 Å². The quantitative estimate of drug-likeness (QED) is 0.504. The predicted molar refractivity (Wildman–Crippen MR) is 31.2 cm³/mol. The van der Waals surface area contributed by atoms with Gasteiger partial charge in [0.05, 0.1) is 0 Å². The van der Waals surface area contributed by atoms with Crippen LogP contribution in [0.4, 0.5) is 0 Å². The Balaban J connectivity index is 1.88. The highest BCUT2D eigenvalue weighted by Gasteiger charge is 2.18. The number of thiol groups is 1. The molecule has 0 nitrogen and oxygen atoms in total. The molecule has 1 aliphatic rings. The molecule has 1 fully saturated rings. The van der Waals surface area contributed by atoms with Crippen molar-refractivity contribution >= 4 is 12.6 Å². The maximum absolute atomic E-state index is 4.10. The van der Waals surface area contributed by atoms with E-state index in [1.165, 1.54) is 19.3 Å². The van der Waals surface area contributed by atoms with Crippen molar-refractivity contribution in [1.29, 1.82) is 0 Å². The van der Waals surface area contributed by atoms with Crippen LogP contribution in [0.2, 0.25) is 0 Å². The van der Waals surface area contributed by atoms with Crippen molar-refractivity contribution in [3.8, 4) is 0 Å². The fraction of sp³-hybridized carbons (Fsp3) is 1.00. The van der Waals surface area contributed by atoms with Gasteiger partial charge in [0.1, 0.15) is 0 Å². The molecule has 1 heteroatoms. The zero-order valence-corrected chi connectivity index (χ0v) is 4.75. The first-order valence-corrected chi connectivity index (χ1v) is 3.17.